The molecule has 0 radical (unpaired) electrons. The normalized spacial score (nSPS) is 19.1. The molecule has 5 nitrogen and oxygen atoms in total. The van der Waals surface area contributed by atoms with Crippen LogP contribution in [0.15, 0.2) is 4.79 Å². The zero-order chi connectivity index (χ0) is 13.3. The molecular weight excluding hydrogens is 232 g/mol. The van der Waals surface area contributed by atoms with E-state index in [2.05, 4.69) is 4.98 Å². The summed E-state index contributed by atoms with van der Waals surface area (Å²) in [5, 5.41) is 9.18. The van der Waals surface area contributed by atoms with E-state index in [4.69, 9.17) is 0 Å². The van der Waals surface area contributed by atoms with Gasteiger partial charge in [0.2, 0.25) is 0 Å². The third kappa shape index (κ3) is 2.05. The van der Waals surface area contributed by atoms with Crippen LogP contribution in [0.25, 0.3) is 0 Å². The number of aromatic nitrogens is 2. The molecule has 0 saturated heterocycles. The lowest BCUT2D eigenvalue weighted by molar-refractivity contribution is 0.0692. The number of aryl methyl sites for hydroxylation is 2. The van der Waals surface area contributed by atoms with Crippen LogP contribution in [0.3, 0.4) is 0 Å². The summed E-state index contributed by atoms with van der Waals surface area (Å²) in [6, 6.07) is 0.0338. The zero-order valence-corrected chi connectivity index (χ0v) is 10.8. The highest BCUT2D eigenvalue weighted by atomic mass is 16.4. The number of carboxylic acids is 1. The fraction of sp³-hybridized carbons (Fsp3) is 0.615. The molecule has 0 fully saturated rings. The van der Waals surface area contributed by atoms with E-state index in [1.807, 2.05) is 13.8 Å². The molecule has 0 aliphatic carbocycles. The first-order chi connectivity index (χ1) is 8.56. The molecule has 1 aliphatic rings. The SMILES string of the molecule is CCc1nc2n(c(=O)c1C(=O)O)C(C)CCCC2. The number of rotatable bonds is 2. The first kappa shape index (κ1) is 12.8. The van der Waals surface area contributed by atoms with Gasteiger partial charge in [0.15, 0.2) is 0 Å². The van der Waals surface area contributed by atoms with Crippen LogP contribution in [0.5, 0.6) is 0 Å². The van der Waals surface area contributed by atoms with Gasteiger partial charge in [-0.05, 0) is 26.2 Å². The molecule has 2 heterocycles. The summed E-state index contributed by atoms with van der Waals surface area (Å²) in [7, 11) is 0. The van der Waals surface area contributed by atoms with Crippen LogP contribution in [0, 0.1) is 0 Å². The van der Waals surface area contributed by atoms with E-state index in [-0.39, 0.29) is 11.6 Å². The molecule has 18 heavy (non-hydrogen) atoms. The topological polar surface area (TPSA) is 72.2 Å². The summed E-state index contributed by atoms with van der Waals surface area (Å²) in [6.45, 7) is 3.78. The van der Waals surface area contributed by atoms with Gasteiger partial charge in [0, 0.05) is 12.5 Å². The second-order valence-corrected chi connectivity index (χ2v) is 4.78. The maximum atomic E-state index is 12.3. The minimum Gasteiger partial charge on any atom is -0.477 e. The Hall–Kier alpha value is -1.65. The lowest BCUT2D eigenvalue weighted by Crippen LogP contribution is -2.33. The molecule has 0 spiro atoms. The molecule has 1 aromatic rings. The molecule has 0 aromatic carbocycles. The van der Waals surface area contributed by atoms with E-state index in [9.17, 15) is 14.7 Å². The summed E-state index contributed by atoms with van der Waals surface area (Å²) in [6.07, 6.45) is 4.19. The fourth-order valence-electron chi connectivity index (χ4n) is 2.58. The predicted molar refractivity (Wildman–Crippen MR) is 67.1 cm³/mol. The minimum absolute atomic E-state index is 0.0338. The molecular formula is C13H18N2O3. The maximum absolute atomic E-state index is 12.3. The summed E-state index contributed by atoms with van der Waals surface area (Å²) in [4.78, 5) is 28.0. The van der Waals surface area contributed by atoms with Crippen molar-refractivity contribution in [3.8, 4) is 0 Å². The third-order valence-electron chi connectivity index (χ3n) is 3.53. The maximum Gasteiger partial charge on any atom is 0.343 e. The Bertz CT molecular complexity index is 534. The fourth-order valence-corrected chi connectivity index (χ4v) is 2.58. The van der Waals surface area contributed by atoms with Crippen molar-refractivity contribution < 1.29 is 9.90 Å². The molecule has 1 aliphatic heterocycles. The smallest absolute Gasteiger partial charge is 0.343 e. The Labute approximate surface area is 105 Å². The van der Waals surface area contributed by atoms with Gasteiger partial charge in [-0.15, -0.1) is 0 Å². The Balaban J connectivity index is 2.72. The van der Waals surface area contributed by atoms with Crippen LogP contribution in [0.2, 0.25) is 0 Å². The molecule has 5 heteroatoms. The van der Waals surface area contributed by atoms with Gasteiger partial charge in [0.05, 0.1) is 5.69 Å². The Kier molecular flexibility index (Phi) is 3.50. The van der Waals surface area contributed by atoms with Crippen molar-refractivity contribution in [2.75, 3.05) is 0 Å². The van der Waals surface area contributed by atoms with Crippen LogP contribution in [0.1, 0.15) is 61.0 Å². The van der Waals surface area contributed by atoms with Crippen LogP contribution in [-0.4, -0.2) is 20.6 Å². The van der Waals surface area contributed by atoms with Gasteiger partial charge in [-0.1, -0.05) is 13.3 Å². The second-order valence-electron chi connectivity index (χ2n) is 4.78. The van der Waals surface area contributed by atoms with E-state index in [1.165, 1.54) is 0 Å². The Morgan fingerprint density at radius 2 is 2.22 bits per heavy atom. The first-order valence-corrected chi connectivity index (χ1v) is 6.43. The van der Waals surface area contributed by atoms with Gasteiger partial charge in [-0.3, -0.25) is 9.36 Å². The van der Waals surface area contributed by atoms with Crippen molar-refractivity contribution in [2.45, 2.75) is 52.0 Å². The molecule has 1 N–H and O–H groups in total. The van der Waals surface area contributed by atoms with Gasteiger partial charge in [0.1, 0.15) is 11.4 Å². The minimum atomic E-state index is -1.17. The molecule has 0 amide bonds. The highest BCUT2D eigenvalue weighted by Gasteiger charge is 2.24. The first-order valence-electron chi connectivity index (χ1n) is 6.43. The lowest BCUT2D eigenvalue weighted by Gasteiger charge is -2.17. The lowest BCUT2D eigenvalue weighted by atomic mass is 10.1. The summed E-state index contributed by atoms with van der Waals surface area (Å²) in [5.74, 6) is -0.428. The second kappa shape index (κ2) is 4.92. The average Bonchev–Trinajstić information content (AvgIpc) is 2.50. The van der Waals surface area contributed by atoms with Gasteiger partial charge in [0.25, 0.3) is 5.56 Å². The van der Waals surface area contributed by atoms with Gasteiger partial charge in [-0.25, -0.2) is 9.78 Å². The van der Waals surface area contributed by atoms with E-state index in [0.29, 0.717) is 12.1 Å². The molecule has 0 saturated carbocycles. The van der Waals surface area contributed by atoms with Crippen LogP contribution >= 0.6 is 0 Å². The summed E-state index contributed by atoms with van der Waals surface area (Å²) >= 11 is 0. The predicted octanol–water partition coefficient (Wildman–Crippen LogP) is 1.79. The van der Waals surface area contributed by atoms with Crippen molar-refractivity contribution in [2.24, 2.45) is 0 Å². The van der Waals surface area contributed by atoms with Gasteiger partial charge < -0.3 is 5.11 Å². The standard InChI is InChI=1S/C13H18N2O3/c1-3-9-11(13(17)18)12(16)15-8(2)6-4-5-7-10(15)14-9/h8H,3-7H2,1-2H3,(H,17,18). The van der Waals surface area contributed by atoms with Crippen LogP contribution in [-0.2, 0) is 12.8 Å². The third-order valence-corrected chi connectivity index (χ3v) is 3.53. The van der Waals surface area contributed by atoms with E-state index < -0.39 is 11.5 Å². The Morgan fingerprint density at radius 1 is 1.50 bits per heavy atom. The Morgan fingerprint density at radius 3 is 2.83 bits per heavy atom. The quantitative estimate of drug-likeness (QED) is 0.868. The van der Waals surface area contributed by atoms with Crippen molar-refractivity contribution >= 4 is 5.97 Å². The number of carboxylic acid groups (broad SMARTS) is 1. The molecule has 1 aromatic heterocycles. The van der Waals surface area contributed by atoms with E-state index >= 15 is 0 Å². The number of nitrogens with zero attached hydrogens (tertiary/aromatic N) is 2. The molecule has 98 valence electrons. The number of hydrogen-bond acceptors (Lipinski definition) is 3. The van der Waals surface area contributed by atoms with Crippen molar-refractivity contribution in [3.05, 3.63) is 27.4 Å². The van der Waals surface area contributed by atoms with Crippen molar-refractivity contribution in [1.29, 1.82) is 0 Å². The average molecular weight is 250 g/mol. The monoisotopic (exact) mass is 250 g/mol. The van der Waals surface area contributed by atoms with Crippen LogP contribution in [0.4, 0.5) is 0 Å². The molecule has 2 rings (SSSR count). The molecule has 1 unspecified atom stereocenters. The highest BCUT2D eigenvalue weighted by molar-refractivity contribution is 5.88. The highest BCUT2D eigenvalue weighted by Crippen LogP contribution is 2.21. The summed E-state index contributed by atoms with van der Waals surface area (Å²) < 4.78 is 1.58. The molecule has 1 atom stereocenters. The number of carbonyl (C=O) groups is 1. The summed E-state index contributed by atoms with van der Waals surface area (Å²) in [5.41, 5.74) is -0.137. The van der Waals surface area contributed by atoms with E-state index in [1.54, 1.807) is 4.57 Å². The molecule has 0 bridgehead atoms. The van der Waals surface area contributed by atoms with Gasteiger partial charge in [-0.2, -0.15) is 0 Å². The van der Waals surface area contributed by atoms with Gasteiger partial charge >= 0.3 is 5.97 Å². The largest absolute Gasteiger partial charge is 0.477 e. The van der Waals surface area contributed by atoms with Crippen molar-refractivity contribution in [3.63, 3.8) is 0 Å². The number of aromatic carboxylic acids is 1. The van der Waals surface area contributed by atoms with Crippen LogP contribution < -0.4 is 5.56 Å². The van der Waals surface area contributed by atoms with Crippen molar-refractivity contribution in [1.82, 2.24) is 9.55 Å². The van der Waals surface area contributed by atoms with E-state index in [0.717, 1.165) is 31.5 Å². The number of fused-ring (bicyclic) bond motifs is 1. The zero-order valence-electron chi connectivity index (χ0n) is 10.8. The number of hydrogen-bond donors (Lipinski definition) is 1.